The van der Waals surface area contributed by atoms with Gasteiger partial charge in [-0.05, 0) is 250 Å². The van der Waals surface area contributed by atoms with E-state index in [9.17, 15) is 0 Å². The minimum absolute atomic E-state index is 0.160. The Morgan fingerprint density at radius 3 is 0.772 bits per heavy atom. The molecule has 0 fully saturated rings. The monoisotopic (exact) mass is 1630 g/mol. The molecule has 610 valence electrons. The normalized spacial score (nSPS) is 12.6. The first-order valence-corrected chi connectivity index (χ1v) is 44.9. The number of aromatic nitrogens is 4. The Kier molecular flexibility index (Phi) is 18.6. The van der Waals surface area contributed by atoms with Crippen LogP contribution in [-0.4, -0.2) is 25.8 Å². The highest BCUT2D eigenvalue weighted by molar-refractivity contribution is 7.00. The zero-order valence-electron chi connectivity index (χ0n) is 74.2. The molecule has 0 bridgehead atoms. The summed E-state index contributed by atoms with van der Waals surface area (Å²) >= 11 is 0. The van der Waals surface area contributed by atoms with Crippen LogP contribution in [0.4, 0.5) is 0 Å². The second kappa shape index (κ2) is 30.1. The highest BCUT2D eigenvalue weighted by Crippen LogP contribution is 2.53. The first-order chi connectivity index (χ1) is 61.5. The lowest BCUT2D eigenvalue weighted by Crippen LogP contribution is -2.59. The van der Waals surface area contributed by atoms with E-state index in [1.54, 1.807) is 0 Å². The Hall–Kier alpha value is -14.5. The van der Waals surface area contributed by atoms with Crippen molar-refractivity contribution in [1.29, 1.82) is 0 Å². The summed E-state index contributed by atoms with van der Waals surface area (Å²) in [5.74, 6) is 0.616. The lowest BCUT2D eigenvalue weighted by Gasteiger charge is -2.35. The Morgan fingerprint density at radius 2 is 0.472 bits per heavy atom. The van der Waals surface area contributed by atoms with Gasteiger partial charge in [0.25, 0.3) is 6.71 Å². The third-order valence-corrected chi connectivity index (χ3v) is 26.8. The largest absolute Gasteiger partial charge is 0.310 e. The number of hydrogen-bond acceptors (Lipinski definition) is 2. The van der Waals surface area contributed by atoms with Crippen molar-refractivity contribution in [2.24, 2.45) is 0 Å². The van der Waals surface area contributed by atoms with Crippen LogP contribution in [0.3, 0.4) is 0 Å². The molecule has 5 heterocycles. The summed E-state index contributed by atoms with van der Waals surface area (Å²) in [4.78, 5) is 12.2. The van der Waals surface area contributed by atoms with Gasteiger partial charge in [-0.15, -0.1) is 0 Å². The molecule has 20 aromatic rings. The highest BCUT2D eigenvalue weighted by atomic mass is 15.0. The van der Waals surface area contributed by atoms with E-state index >= 15 is 0 Å². The number of benzene rings is 17. The Balaban J connectivity index is 0.949. The van der Waals surface area contributed by atoms with Gasteiger partial charge in [0.1, 0.15) is 0 Å². The average Bonchev–Trinajstić information content (AvgIpc) is 1.51. The lowest BCUT2D eigenvalue weighted by atomic mass is 9.34. The molecule has 0 saturated heterocycles. The Labute approximate surface area is 746 Å². The molecule has 3 aromatic heterocycles. The third-order valence-electron chi connectivity index (χ3n) is 26.8. The fourth-order valence-electron chi connectivity index (χ4n) is 20.1. The number of hydrogen-bond donors (Lipinski definition) is 0. The molecular formula is C122H99BN4. The Bertz CT molecular complexity index is 7140. The van der Waals surface area contributed by atoms with Gasteiger partial charge in [-0.3, -0.25) is 0 Å². The van der Waals surface area contributed by atoms with Crippen molar-refractivity contribution in [2.75, 3.05) is 0 Å². The number of nitrogens with zero attached hydrogens (tertiary/aromatic N) is 4. The summed E-state index contributed by atoms with van der Waals surface area (Å²) in [5.41, 5.74) is 42.5. The Morgan fingerprint density at radius 1 is 0.205 bits per heavy atom. The summed E-state index contributed by atoms with van der Waals surface area (Å²) in [5, 5.41) is 4.87. The molecule has 5 heteroatoms. The second-order valence-corrected chi connectivity index (χ2v) is 39.3. The molecule has 0 N–H and O–H groups in total. The zero-order chi connectivity index (χ0) is 86.5. The van der Waals surface area contributed by atoms with Crippen LogP contribution in [0.2, 0.25) is 0 Å². The molecule has 2 aliphatic rings. The standard InChI is InChI=1S/C122H99BN4/c1-119(2,3)95-63-90(64-96(73-95)120(4,5)6)99-53-55-103-116-113(99)111-101(82-49-33-19-34-50-82)67-88(80-45-29-17-30-46-80)69-107(111)126(116)109-71-93(106-75-105(92-59-84(76-37-21-13-22-38-76)57-85(60-92)77-39-23-14-24-40-77)124-118(125-106)94-61-86(78-41-25-15-26-42-78)58-87(62-94)79-43-27-16-28-44-79)72-110-115(109)123(103)104-56-54-100(91-65-97(121(7,8)9)74-98(66-91)122(10,11)12)114-112-102(83-51-35-20-36-52-83)68-89(81-47-31-18-32-48-81)70-108(112)127(110)117(104)114/h13-75H,1-12H3. The maximum absolute atomic E-state index is 6.18. The maximum Gasteiger partial charge on any atom is 0.252 e. The van der Waals surface area contributed by atoms with E-state index in [4.69, 9.17) is 9.97 Å². The van der Waals surface area contributed by atoms with Gasteiger partial charge in [0.15, 0.2) is 5.82 Å². The van der Waals surface area contributed by atoms with Crippen LogP contribution in [0.1, 0.15) is 105 Å². The van der Waals surface area contributed by atoms with Gasteiger partial charge in [-0.25, -0.2) is 9.97 Å². The minimum atomic E-state index is -0.286. The zero-order valence-corrected chi connectivity index (χ0v) is 74.2. The third kappa shape index (κ3) is 13.8. The van der Waals surface area contributed by atoms with Crippen LogP contribution in [0.25, 0.3) is 200 Å². The molecule has 0 spiro atoms. The predicted octanol–water partition coefficient (Wildman–Crippen LogP) is 30.7. The molecule has 0 radical (unpaired) electrons. The SMILES string of the molecule is CC(C)(C)c1cc(-c2ccc3c4c2c2c(-c5ccccc5)cc(-c5ccccc5)cc2n4-c2cc(-c4cc(-c5cc(-c6ccccc6)cc(-c6ccccc6)c5)nc(-c5cc(-c6ccccc6)cc(-c6ccccc6)c5)n4)cc4c2B3c2ccc(-c3cc(C(C)(C)C)cc(C(C)(C)C)c3)c3c5c(-c6ccccc6)cc(-c6ccccc6)cc5n-4c23)cc(C(C)(C)C)c1. The van der Waals surface area contributed by atoms with E-state index in [0.717, 1.165) is 128 Å². The van der Waals surface area contributed by atoms with Gasteiger partial charge in [-0.1, -0.05) is 386 Å². The molecule has 2 aliphatic heterocycles. The van der Waals surface area contributed by atoms with E-state index in [0.29, 0.717) is 5.82 Å². The summed E-state index contributed by atoms with van der Waals surface area (Å²) in [6.45, 7) is 28.1. The fourth-order valence-corrected chi connectivity index (χ4v) is 20.1. The molecule has 0 aliphatic carbocycles. The number of rotatable bonds is 13. The van der Waals surface area contributed by atoms with Crippen LogP contribution in [-0.2, 0) is 21.7 Å². The first kappa shape index (κ1) is 78.5. The van der Waals surface area contributed by atoms with E-state index in [1.807, 2.05) is 0 Å². The minimum Gasteiger partial charge on any atom is -0.310 e. The molecule has 0 unspecified atom stereocenters. The predicted molar refractivity (Wildman–Crippen MR) is 541 cm³/mol. The van der Waals surface area contributed by atoms with Gasteiger partial charge in [-0.2, -0.15) is 0 Å². The first-order valence-electron chi connectivity index (χ1n) is 44.9. The quantitative estimate of drug-likeness (QED) is 0.108. The van der Waals surface area contributed by atoms with Gasteiger partial charge >= 0.3 is 0 Å². The smallest absolute Gasteiger partial charge is 0.252 e. The summed E-state index contributed by atoms with van der Waals surface area (Å²) in [6.07, 6.45) is 0. The molecular weight excluding hydrogens is 1530 g/mol. The molecule has 127 heavy (non-hydrogen) atoms. The lowest BCUT2D eigenvalue weighted by molar-refractivity contribution is 0.568. The van der Waals surface area contributed by atoms with Gasteiger partial charge in [0, 0.05) is 49.6 Å². The maximum atomic E-state index is 6.18. The molecule has 0 saturated carbocycles. The topological polar surface area (TPSA) is 35.6 Å². The molecule has 17 aromatic carbocycles. The van der Waals surface area contributed by atoms with Crippen molar-refractivity contribution in [3.05, 3.63) is 404 Å². The van der Waals surface area contributed by atoms with Gasteiger partial charge < -0.3 is 9.13 Å². The van der Waals surface area contributed by atoms with Crippen molar-refractivity contribution >= 4 is 66.7 Å². The van der Waals surface area contributed by atoms with Crippen molar-refractivity contribution in [1.82, 2.24) is 19.1 Å². The average molecular weight is 1630 g/mol. The van der Waals surface area contributed by atoms with Crippen LogP contribution in [0.15, 0.2) is 382 Å². The van der Waals surface area contributed by atoms with E-state index < -0.39 is 0 Å². The van der Waals surface area contributed by atoms with Crippen LogP contribution >= 0.6 is 0 Å². The van der Waals surface area contributed by atoms with Crippen LogP contribution in [0, 0.1) is 0 Å². The van der Waals surface area contributed by atoms with Gasteiger partial charge in [0.05, 0.1) is 33.5 Å². The fraction of sp³-hybridized carbons (Fsp3) is 0.131. The van der Waals surface area contributed by atoms with Gasteiger partial charge in [0.2, 0.25) is 0 Å². The number of fused-ring (bicyclic) bond motifs is 10. The van der Waals surface area contributed by atoms with Crippen molar-refractivity contribution in [3.63, 3.8) is 0 Å². The van der Waals surface area contributed by atoms with E-state index in [-0.39, 0.29) is 28.4 Å². The van der Waals surface area contributed by atoms with Crippen molar-refractivity contribution < 1.29 is 0 Å². The van der Waals surface area contributed by atoms with E-state index in [1.165, 1.54) is 105 Å². The van der Waals surface area contributed by atoms with E-state index in [2.05, 4.69) is 474 Å². The molecule has 22 rings (SSSR count). The highest BCUT2D eigenvalue weighted by Gasteiger charge is 2.44. The molecule has 0 amide bonds. The molecule has 4 nitrogen and oxygen atoms in total. The second-order valence-electron chi connectivity index (χ2n) is 39.3. The summed E-state index contributed by atoms with van der Waals surface area (Å²) < 4.78 is 5.46. The summed E-state index contributed by atoms with van der Waals surface area (Å²) in [6, 6.07) is 144. The van der Waals surface area contributed by atoms with Crippen LogP contribution in [0.5, 0.6) is 0 Å². The summed E-state index contributed by atoms with van der Waals surface area (Å²) in [7, 11) is 0. The van der Waals surface area contributed by atoms with Crippen molar-refractivity contribution in [2.45, 2.75) is 105 Å². The van der Waals surface area contributed by atoms with Crippen LogP contribution < -0.4 is 16.4 Å². The molecule has 0 atom stereocenters. The van der Waals surface area contributed by atoms with Crippen molar-refractivity contribution in [3.8, 4) is 157 Å².